The molecule has 0 saturated heterocycles. The van der Waals surface area contributed by atoms with Crippen LogP contribution in [0, 0.1) is 5.92 Å². The highest BCUT2D eigenvalue weighted by atomic mass is 15.2. The second kappa shape index (κ2) is 4.83. The molecule has 88 valence electrons. The van der Waals surface area contributed by atoms with Crippen LogP contribution < -0.4 is 5.73 Å². The summed E-state index contributed by atoms with van der Waals surface area (Å²) < 4.78 is 0. The van der Waals surface area contributed by atoms with E-state index in [9.17, 15) is 0 Å². The van der Waals surface area contributed by atoms with Gasteiger partial charge in [0.15, 0.2) is 0 Å². The van der Waals surface area contributed by atoms with Crippen LogP contribution in [0.4, 0.5) is 5.69 Å². The van der Waals surface area contributed by atoms with Gasteiger partial charge in [-0.15, -0.1) is 0 Å². The maximum absolute atomic E-state index is 5.93. The molecule has 3 heteroatoms. The molecule has 1 saturated carbocycles. The first-order chi connectivity index (χ1) is 7.66. The van der Waals surface area contributed by atoms with Crippen LogP contribution in [0.25, 0.3) is 0 Å². The molecule has 0 radical (unpaired) electrons. The molecule has 3 nitrogen and oxygen atoms in total. The third kappa shape index (κ3) is 2.95. The SMILES string of the molecule is CC(C)N(Cc1ncccc1N)CC1CC1. The topological polar surface area (TPSA) is 42.2 Å². The van der Waals surface area contributed by atoms with Crippen LogP contribution in [-0.2, 0) is 6.54 Å². The first kappa shape index (κ1) is 11.4. The maximum Gasteiger partial charge on any atom is 0.0772 e. The third-order valence-corrected chi connectivity index (χ3v) is 3.20. The lowest BCUT2D eigenvalue weighted by atomic mass is 10.2. The Kier molecular flexibility index (Phi) is 3.44. The molecular formula is C13H21N3. The van der Waals surface area contributed by atoms with Crippen LogP contribution in [0.3, 0.4) is 0 Å². The first-order valence-electron chi connectivity index (χ1n) is 6.10. The Morgan fingerprint density at radius 1 is 1.50 bits per heavy atom. The molecular weight excluding hydrogens is 198 g/mol. The van der Waals surface area contributed by atoms with Crippen molar-refractivity contribution in [1.29, 1.82) is 0 Å². The molecule has 1 aromatic rings. The molecule has 0 spiro atoms. The van der Waals surface area contributed by atoms with Crippen LogP contribution in [0.5, 0.6) is 0 Å². The zero-order valence-electron chi connectivity index (χ0n) is 10.2. The highest BCUT2D eigenvalue weighted by Crippen LogP contribution is 2.30. The smallest absolute Gasteiger partial charge is 0.0772 e. The number of pyridine rings is 1. The van der Waals surface area contributed by atoms with Crippen molar-refractivity contribution < 1.29 is 0 Å². The highest BCUT2D eigenvalue weighted by molar-refractivity contribution is 5.41. The minimum Gasteiger partial charge on any atom is -0.397 e. The van der Waals surface area contributed by atoms with E-state index in [-0.39, 0.29) is 0 Å². The number of hydrogen-bond donors (Lipinski definition) is 1. The van der Waals surface area contributed by atoms with Gasteiger partial charge in [-0.05, 0) is 44.7 Å². The fraction of sp³-hybridized carbons (Fsp3) is 0.615. The van der Waals surface area contributed by atoms with Gasteiger partial charge in [-0.2, -0.15) is 0 Å². The molecule has 1 aliphatic rings. The van der Waals surface area contributed by atoms with E-state index in [4.69, 9.17) is 5.73 Å². The summed E-state index contributed by atoms with van der Waals surface area (Å²) in [4.78, 5) is 6.83. The summed E-state index contributed by atoms with van der Waals surface area (Å²) >= 11 is 0. The first-order valence-corrected chi connectivity index (χ1v) is 6.10. The van der Waals surface area contributed by atoms with E-state index in [0.717, 1.165) is 23.8 Å². The van der Waals surface area contributed by atoms with Crippen molar-refractivity contribution in [3.8, 4) is 0 Å². The second-order valence-electron chi connectivity index (χ2n) is 5.01. The maximum atomic E-state index is 5.93. The molecule has 2 rings (SSSR count). The number of nitrogen functional groups attached to an aromatic ring is 1. The Morgan fingerprint density at radius 2 is 2.25 bits per heavy atom. The molecule has 2 N–H and O–H groups in total. The Hall–Kier alpha value is -1.09. The van der Waals surface area contributed by atoms with Crippen molar-refractivity contribution in [2.24, 2.45) is 5.92 Å². The van der Waals surface area contributed by atoms with Crippen LogP contribution in [0.1, 0.15) is 32.4 Å². The summed E-state index contributed by atoms with van der Waals surface area (Å²) in [5.74, 6) is 0.910. The van der Waals surface area contributed by atoms with Gasteiger partial charge in [0.25, 0.3) is 0 Å². The minimum atomic E-state index is 0.557. The van der Waals surface area contributed by atoms with Crippen LogP contribution >= 0.6 is 0 Å². The van der Waals surface area contributed by atoms with E-state index in [1.165, 1.54) is 19.4 Å². The quantitative estimate of drug-likeness (QED) is 0.826. The minimum absolute atomic E-state index is 0.557. The lowest BCUT2D eigenvalue weighted by Crippen LogP contribution is -2.32. The molecule has 0 unspecified atom stereocenters. The standard InChI is InChI=1S/C13H21N3/c1-10(2)16(8-11-5-6-11)9-13-12(14)4-3-7-15-13/h3-4,7,10-11H,5-6,8-9,14H2,1-2H3. The summed E-state index contributed by atoms with van der Waals surface area (Å²) in [6.45, 7) is 6.54. The van der Waals surface area contributed by atoms with Gasteiger partial charge in [-0.25, -0.2) is 0 Å². The van der Waals surface area contributed by atoms with Gasteiger partial charge in [0.1, 0.15) is 0 Å². The average Bonchev–Trinajstić information content (AvgIpc) is 3.04. The summed E-state index contributed by atoms with van der Waals surface area (Å²) in [5.41, 5.74) is 7.75. The predicted molar refractivity (Wildman–Crippen MR) is 66.9 cm³/mol. The van der Waals surface area contributed by atoms with Crippen LogP contribution in [0.15, 0.2) is 18.3 Å². The number of nitrogens with two attached hydrogens (primary N) is 1. The van der Waals surface area contributed by atoms with Crippen molar-refractivity contribution in [2.75, 3.05) is 12.3 Å². The molecule has 1 fully saturated rings. The fourth-order valence-corrected chi connectivity index (χ4v) is 1.86. The predicted octanol–water partition coefficient (Wildman–Crippen LogP) is 2.28. The van der Waals surface area contributed by atoms with Crippen molar-refractivity contribution in [3.05, 3.63) is 24.0 Å². The monoisotopic (exact) mass is 219 g/mol. The van der Waals surface area contributed by atoms with Crippen LogP contribution in [0.2, 0.25) is 0 Å². The molecule has 1 heterocycles. The number of anilines is 1. The van der Waals surface area contributed by atoms with Gasteiger partial charge in [-0.1, -0.05) is 0 Å². The van der Waals surface area contributed by atoms with E-state index in [1.54, 1.807) is 0 Å². The second-order valence-corrected chi connectivity index (χ2v) is 5.01. The number of nitrogens with zero attached hydrogens (tertiary/aromatic N) is 2. The highest BCUT2D eigenvalue weighted by Gasteiger charge is 2.25. The van der Waals surface area contributed by atoms with Crippen molar-refractivity contribution in [2.45, 2.75) is 39.3 Å². The van der Waals surface area contributed by atoms with Gasteiger partial charge in [-0.3, -0.25) is 9.88 Å². The molecule has 0 amide bonds. The Labute approximate surface area is 97.7 Å². The van der Waals surface area contributed by atoms with Crippen molar-refractivity contribution in [1.82, 2.24) is 9.88 Å². The average molecular weight is 219 g/mol. The van der Waals surface area contributed by atoms with E-state index < -0.39 is 0 Å². The van der Waals surface area contributed by atoms with Gasteiger partial charge >= 0.3 is 0 Å². The van der Waals surface area contributed by atoms with Crippen molar-refractivity contribution in [3.63, 3.8) is 0 Å². The van der Waals surface area contributed by atoms with Gasteiger partial charge in [0.2, 0.25) is 0 Å². The van der Waals surface area contributed by atoms with Gasteiger partial charge in [0.05, 0.1) is 11.4 Å². The zero-order valence-corrected chi connectivity index (χ0v) is 10.2. The summed E-state index contributed by atoms with van der Waals surface area (Å²) in [5, 5.41) is 0. The van der Waals surface area contributed by atoms with Crippen LogP contribution in [-0.4, -0.2) is 22.5 Å². The van der Waals surface area contributed by atoms with E-state index >= 15 is 0 Å². The number of hydrogen-bond acceptors (Lipinski definition) is 3. The third-order valence-electron chi connectivity index (χ3n) is 3.20. The van der Waals surface area contributed by atoms with Crippen molar-refractivity contribution >= 4 is 5.69 Å². The van der Waals surface area contributed by atoms with E-state index in [2.05, 4.69) is 23.7 Å². The fourth-order valence-electron chi connectivity index (χ4n) is 1.86. The molecule has 16 heavy (non-hydrogen) atoms. The molecule has 0 aliphatic heterocycles. The molecule has 1 aliphatic carbocycles. The summed E-state index contributed by atoms with van der Waals surface area (Å²) in [7, 11) is 0. The Balaban J connectivity index is 2.01. The lowest BCUT2D eigenvalue weighted by molar-refractivity contribution is 0.202. The molecule has 0 atom stereocenters. The summed E-state index contributed by atoms with van der Waals surface area (Å²) in [6, 6.07) is 4.37. The largest absolute Gasteiger partial charge is 0.397 e. The van der Waals surface area contributed by atoms with Gasteiger partial charge < -0.3 is 5.73 Å². The number of rotatable bonds is 5. The summed E-state index contributed by atoms with van der Waals surface area (Å²) in [6.07, 6.45) is 4.60. The zero-order chi connectivity index (χ0) is 11.5. The molecule has 1 aromatic heterocycles. The van der Waals surface area contributed by atoms with Gasteiger partial charge in [0, 0.05) is 25.3 Å². The molecule has 0 bridgehead atoms. The normalized spacial score (nSPS) is 16.0. The lowest BCUT2D eigenvalue weighted by Gasteiger charge is -2.26. The Morgan fingerprint density at radius 3 is 2.81 bits per heavy atom. The Bertz CT molecular complexity index is 345. The van der Waals surface area contributed by atoms with E-state index in [0.29, 0.717) is 6.04 Å². The molecule has 0 aromatic carbocycles. The van der Waals surface area contributed by atoms with E-state index in [1.807, 2.05) is 18.3 Å². The number of aromatic nitrogens is 1.